The molecule has 0 radical (unpaired) electrons. The molecular formula is C24H25N3O2. The van der Waals surface area contributed by atoms with Crippen molar-refractivity contribution >= 4 is 11.6 Å². The summed E-state index contributed by atoms with van der Waals surface area (Å²) in [6, 6.07) is 15.9. The summed E-state index contributed by atoms with van der Waals surface area (Å²) in [5.74, 6) is -0.346. The van der Waals surface area contributed by atoms with E-state index in [-0.39, 0.29) is 11.8 Å². The number of aliphatic imine (C=N–C) groups is 1. The maximum absolute atomic E-state index is 12.7. The van der Waals surface area contributed by atoms with Crippen LogP contribution in [0.2, 0.25) is 0 Å². The van der Waals surface area contributed by atoms with E-state index >= 15 is 0 Å². The van der Waals surface area contributed by atoms with Crippen LogP contribution in [-0.2, 0) is 6.54 Å². The van der Waals surface area contributed by atoms with E-state index in [4.69, 9.17) is 0 Å². The molecule has 0 aliphatic carbocycles. The minimum absolute atomic E-state index is 0.0209. The van der Waals surface area contributed by atoms with Crippen LogP contribution < -0.4 is 0 Å². The van der Waals surface area contributed by atoms with Crippen LogP contribution in [0.3, 0.4) is 0 Å². The first-order valence-corrected chi connectivity index (χ1v) is 9.98. The number of nitrogens with zero attached hydrogens (tertiary/aromatic N) is 2. The number of hydrogen-bond donors (Lipinski definition) is 2. The van der Waals surface area contributed by atoms with Crippen molar-refractivity contribution in [1.29, 1.82) is 0 Å². The number of amides is 1. The van der Waals surface area contributed by atoms with Gasteiger partial charge in [-0.05, 0) is 31.1 Å². The fourth-order valence-corrected chi connectivity index (χ4v) is 3.76. The molecule has 5 heteroatoms. The fourth-order valence-electron chi connectivity index (χ4n) is 3.76. The highest BCUT2D eigenvalue weighted by Crippen LogP contribution is 2.38. The van der Waals surface area contributed by atoms with Gasteiger partial charge < -0.3 is 10.1 Å². The Balaban J connectivity index is 1.69. The largest absolute Gasteiger partial charge is 0.494 e. The number of aryl methyl sites for hydroxylation is 1. The molecule has 2 N–H and O–H groups in total. The van der Waals surface area contributed by atoms with Gasteiger partial charge in [0.25, 0.3) is 5.91 Å². The number of carbonyl (C=O) groups is 1. The zero-order valence-corrected chi connectivity index (χ0v) is 17.0. The van der Waals surface area contributed by atoms with E-state index < -0.39 is 0 Å². The second kappa shape index (κ2) is 7.68. The number of aromatic nitrogens is 1. The number of rotatable bonds is 6. The molecule has 1 amide bonds. The molecule has 0 bridgehead atoms. The standard InChI is InChI=1S/C24H25N3O2/c1-4-27(5-2)14-16-8-12-18(13-9-16)22-20-19(23(28)26-22)21(25-24(20)29)17-10-6-15(3)7-11-17/h6-13,26,28H,4-5,14H2,1-3H3. The van der Waals surface area contributed by atoms with Crippen LogP contribution in [-0.4, -0.2) is 39.7 Å². The summed E-state index contributed by atoms with van der Waals surface area (Å²) in [5.41, 5.74) is 6.08. The average Bonchev–Trinajstić information content (AvgIpc) is 3.26. The number of hydrogen-bond acceptors (Lipinski definition) is 3. The van der Waals surface area contributed by atoms with Crippen LogP contribution >= 0.6 is 0 Å². The van der Waals surface area contributed by atoms with Crippen LogP contribution in [0.25, 0.3) is 11.3 Å². The number of nitrogens with one attached hydrogen (secondary N) is 1. The third-order valence-corrected chi connectivity index (χ3v) is 5.51. The lowest BCUT2D eigenvalue weighted by Gasteiger charge is -2.18. The number of H-pyrrole nitrogens is 1. The number of fused-ring (bicyclic) bond motifs is 1. The molecule has 1 aliphatic rings. The lowest BCUT2D eigenvalue weighted by molar-refractivity contribution is 0.101. The van der Waals surface area contributed by atoms with E-state index in [0.29, 0.717) is 22.5 Å². The summed E-state index contributed by atoms with van der Waals surface area (Å²) in [4.78, 5) is 22.3. The molecule has 1 aliphatic heterocycles. The van der Waals surface area contributed by atoms with Gasteiger partial charge in [0.05, 0.1) is 22.5 Å². The van der Waals surface area contributed by atoms with Gasteiger partial charge in [-0.1, -0.05) is 67.9 Å². The van der Waals surface area contributed by atoms with E-state index in [2.05, 4.69) is 40.9 Å². The lowest BCUT2D eigenvalue weighted by atomic mass is 9.99. The molecule has 0 saturated heterocycles. The highest BCUT2D eigenvalue weighted by molar-refractivity contribution is 6.30. The van der Waals surface area contributed by atoms with E-state index in [1.54, 1.807) is 0 Å². The molecule has 4 rings (SSSR count). The van der Waals surface area contributed by atoms with E-state index in [1.165, 1.54) is 5.56 Å². The van der Waals surface area contributed by atoms with Crippen molar-refractivity contribution in [1.82, 2.24) is 9.88 Å². The van der Waals surface area contributed by atoms with Gasteiger partial charge in [0, 0.05) is 12.1 Å². The Hall–Kier alpha value is -3.18. The van der Waals surface area contributed by atoms with Crippen LogP contribution in [0, 0.1) is 6.92 Å². The Morgan fingerprint density at radius 1 is 0.931 bits per heavy atom. The second-order valence-corrected chi connectivity index (χ2v) is 7.39. The smallest absolute Gasteiger partial charge is 0.280 e. The highest BCUT2D eigenvalue weighted by Gasteiger charge is 2.33. The predicted molar refractivity (Wildman–Crippen MR) is 116 cm³/mol. The first-order chi connectivity index (χ1) is 14.0. The van der Waals surface area contributed by atoms with Crippen molar-refractivity contribution < 1.29 is 9.90 Å². The number of carbonyl (C=O) groups excluding carboxylic acids is 1. The Bertz CT molecular complexity index is 1070. The molecule has 0 saturated carbocycles. The molecule has 5 nitrogen and oxygen atoms in total. The van der Waals surface area contributed by atoms with Crippen molar-refractivity contribution in [2.24, 2.45) is 4.99 Å². The van der Waals surface area contributed by atoms with Gasteiger partial charge in [0.2, 0.25) is 0 Å². The van der Waals surface area contributed by atoms with E-state index in [0.717, 1.165) is 36.3 Å². The third kappa shape index (κ3) is 3.49. The average molecular weight is 387 g/mol. The minimum atomic E-state index is -0.325. The summed E-state index contributed by atoms with van der Waals surface area (Å²) in [6.45, 7) is 9.21. The van der Waals surface area contributed by atoms with Crippen LogP contribution in [0.15, 0.2) is 53.5 Å². The summed E-state index contributed by atoms with van der Waals surface area (Å²) in [7, 11) is 0. The van der Waals surface area contributed by atoms with Crippen LogP contribution in [0.5, 0.6) is 5.88 Å². The number of aromatic amines is 1. The van der Waals surface area contributed by atoms with Crippen molar-refractivity contribution in [3.05, 3.63) is 76.3 Å². The van der Waals surface area contributed by atoms with Gasteiger partial charge in [0.1, 0.15) is 0 Å². The monoisotopic (exact) mass is 387 g/mol. The van der Waals surface area contributed by atoms with Gasteiger partial charge in [-0.3, -0.25) is 9.69 Å². The maximum Gasteiger partial charge on any atom is 0.280 e. The lowest BCUT2D eigenvalue weighted by Crippen LogP contribution is -2.21. The fraction of sp³-hybridized carbons (Fsp3) is 0.250. The number of benzene rings is 2. The molecule has 2 aromatic carbocycles. The molecular weight excluding hydrogens is 362 g/mol. The Labute approximate surface area is 170 Å². The molecule has 148 valence electrons. The van der Waals surface area contributed by atoms with E-state index in [1.807, 2.05) is 43.3 Å². The van der Waals surface area contributed by atoms with Crippen molar-refractivity contribution in [3.63, 3.8) is 0 Å². The first kappa shape index (κ1) is 19.2. The topological polar surface area (TPSA) is 68.7 Å². The normalized spacial score (nSPS) is 13.1. The van der Waals surface area contributed by atoms with Crippen LogP contribution in [0.1, 0.15) is 46.5 Å². The summed E-state index contributed by atoms with van der Waals surface area (Å²) < 4.78 is 0. The van der Waals surface area contributed by atoms with Crippen molar-refractivity contribution in [3.8, 4) is 17.1 Å². The molecule has 2 heterocycles. The predicted octanol–water partition coefficient (Wildman–Crippen LogP) is 4.53. The maximum atomic E-state index is 12.7. The van der Waals surface area contributed by atoms with Gasteiger partial charge in [0.15, 0.2) is 5.88 Å². The second-order valence-electron chi connectivity index (χ2n) is 7.39. The Morgan fingerprint density at radius 2 is 1.55 bits per heavy atom. The van der Waals surface area contributed by atoms with Gasteiger partial charge in [-0.25, -0.2) is 4.99 Å². The Kier molecular flexibility index (Phi) is 5.07. The molecule has 29 heavy (non-hydrogen) atoms. The SMILES string of the molecule is CCN(CC)Cc1ccc(-c2[nH]c(O)c3c2C(=O)N=C3c2ccc(C)cc2)cc1. The molecule has 0 fully saturated rings. The molecule has 0 unspecified atom stereocenters. The Morgan fingerprint density at radius 3 is 2.17 bits per heavy atom. The molecule has 0 spiro atoms. The van der Waals surface area contributed by atoms with E-state index in [9.17, 15) is 9.90 Å². The number of aromatic hydroxyl groups is 1. The quantitative estimate of drug-likeness (QED) is 0.653. The summed E-state index contributed by atoms with van der Waals surface area (Å²) >= 11 is 0. The van der Waals surface area contributed by atoms with Crippen molar-refractivity contribution in [2.45, 2.75) is 27.3 Å². The zero-order valence-electron chi connectivity index (χ0n) is 17.0. The molecule has 3 aromatic rings. The first-order valence-electron chi connectivity index (χ1n) is 9.98. The molecule has 0 atom stereocenters. The van der Waals surface area contributed by atoms with Crippen molar-refractivity contribution in [2.75, 3.05) is 13.1 Å². The van der Waals surface area contributed by atoms with Gasteiger partial charge >= 0.3 is 0 Å². The highest BCUT2D eigenvalue weighted by atomic mass is 16.3. The molecule has 1 aromatic heterocycles. The zero-order chi connectivity index (χ0) is 20.5. The third-order valence-electron chi connectivity index (χ3n) is 5.51. The summed E-state index contributed by atoms with van der Waals surface area (Å²) in [5, 5.41) is 10.6. The van der Waals surface area contributed by atoms with Gasteiger partial charge in [-0.2, -0.15) is 0 Å². The van der Waals surface area contributed by atoms with Gasteiger partial charge in [-0.15, -0.1) is 0 Å². The summed E-state index contributed by atoms with van der Waals surface area (Å²) in [6.07, 6.45) is 0. The minimum Gasteiger partial charge on any atom is -0.494 e. The van der Waals surface area contributed by atoms with Crippen LogP contribution in [0.4, 0.5) is 0 Å².